The highest BCUT2D eigenvalue weighted by Crippen LogP contribution is 2.35. The lowest BCUT2D eigenvalue weighted by molar-refractivity contribution is -0.122. The summed E-state index contributed by atoms with van der Waals surface area (Å²) in [5.41, 5.74) is -5.50. The van der Waals surface area contributed by atoms with Crippen LogP contribution in [-0.4, -0.2) is 39.5 Å². The van der Waals surface area contributed by atoms with Gasteiger partial charge in [-0.15, -0.1) is 0 Å². The number of nitrogens with one attached hydrogen (secondary N) is 2. The second-order valence-electron chi connectivity index (χ2n) is 3.81. The first kappa shape index (κ1) is 17.8. The van der Waals surface area contributed by atoms with Crippen LogP contribution in [0.2, 0.25) is 0 Å². The number of para-hydroxylation sites is 1. The van der Waals surface area contributed by atoms with Crippen LogP contribution in [0, 0.1) is 0 Å². The Morgan fingerprint density at radius 2 is 1.82 bits per heavy atom. The first-order chi connectivity index (χ1) is 10.1. The van der Waals surface area contributed by atoms with Crippen LogP contribution >= 0.6 is 0 Å². The van der Waals surface area contributed by atoms with E-state index in [1.807, 2.05) is 0 Å². The summed E-state index contributed by atoms with van der Waals surface area (Å²) in [6.07, 6.45) is 0. The number of amides is 3. The monoisotopic (exact) mass is 340 g/mol. The molecule has 0 aliphatic rings. The van der Waals surface area contributed by atoms with Crippen molar-refractivity contribution in [2.45, 2.75) is 10.4 Å². The van der Waals surface area contributed by atoms with Crippen molar-refractivity contribution >= 4 is 21.8 Å². The van der Waals surface area contributed by atoms with Crippen molar-refractivity contribution < 1.29 is 35.9 Å². The van der Waals surface area contributed by atoms with E-state index in [9.17, 15) is 31.2 Å². The van der Waals surface area contributed by atoms with Crippen LogP contribution in [0.5, 0.6) is 5.75 Å². The SMILES string of the molecule is CNC(=O)NC(=O)COc1ccccc1S(=O)(=O)C(F)(F)F. The van der Waals surface area contributed by atoms with Crippen molar-refractivity contribution in [2.75, 3.05) is 13.7 Å². The molecule has 0 aliphatic carbocycles. The zero-order valence-corrected chi connectivity index (χ0v) is 11.9. The molecular weight excluding hydrogens is 329 g/mol. The number of imide groups is 1. The maximum atomic E-state index is 12.5. The Morgan fingerprint density at radius 3 is 2.36 bits per heavy atom. The summed E-state index contributed by atoms with van der Waals surface area (Å²) < 4.78 is 65.1. The van der Waals surface area contributed by atoms with E-state index < -0.39 is 44.5 Å². The number of halogens is 3. The first-order valence-corrected chi connectivity index (χ1v) is 7.12. The third kappa shape index (κ3) is 4.10. The summed E-state index contributed by atoms with van der Waals surface area (Å²) in [7, 11) is -4.37. The van der Waals surface area contributed by atoms with Gasteiger partial charge in [-0.2, -0.15) is 13.2 Å². The molecule has 22 heavy (non-hydrogen) atoms. The molecule has 1 aromatic rings. The second-order valence-corrected chi connectivity index (χ2v) is 5.72. The van der Waals surface area contributed by atoms with Crippen LogP contribution in [0.3, 0.4) is 0 Å². The van der Waals surface area contributed by atoms with Crippen molar-refractivity contribution in [3.05, 3.63) is 24.3 Å². The van der Waals surface area contributed by atoms with Crippen molar-refractivity contribution in [3.8, 4) is 5.75 Å². The maximum absolute atomic E-state index is 12.5. The average molecular weight is 340 g/mol. The van der Waals surface area contributed by atoms with Gasteiger partial charge in [-0.05, 0) is 12.1 Å². The normalized spacial score (nSPS) is 11.6. The molecule has 3 amide bonds. The molecule has 0 aliphatic heterocycles. The summed E-state index contributed by atoms with van der Waals surface area (Å²) in [6.45, 7) is -0.836. The van der Waals surface area contributed by atoms with E-state index in [0.29, 0.717) is 6.07 Å². The predicted octanol–water partition coefficient (Wildman–Crippen LogP) is 0.815. The zero-order chi connectivity index (χ0) is 17.0. The van der Waals surface area contributed by atoms with Crippen molar-refractivity contribution in [1.82, 2.24) is 10.6 Å². The highest BCUT2D eigenvalue weighted by molar-refractivity contribution is 7.92. The molecule has 1 rings (SSSR count). The van der Waals surface area contributed by atoms with Crippen molar-refractivity contribution in [3.63, 3.8) is 0 Å². The van der Waals surface area contributed by atoms with E-state index in [-0.39, 0.29) is 0 Å². The van der Waals surface area contributed by atoms with Crippen LogP contribution in [0.4, 0.5) is 18.0 Å². The quantitative estimate of drug-likeness (QED) is 0.845. The van der Waals surface area contributed by atoms with E-state index in [2.05, 4.69) is 5.32 Å². The molecule has 0 aromatic heterocycles. The van der Waals surface area contributed by atoms with Gasteiger partial charge in [0.05, 0.1) is 0 Å². The van der Waals surface area contributed by atoms with Gasteiger partial charge in [0.25, 0.3) is 15.7 Å². The van der Waals surface area contributed by atoms with E-state index >= 15 is 0 Å². The topological polar surface area (TPSA) is 102 Å². The molecular formula is C11H11F3N2O5S. The predicted molar refractivity (Wildman–Crippen MR) is 67.8 cm³/mol. The molecule has 11 heteroatoms. The van der Waals surface area contributed by atoms with Crippen LogP contribution < -0.4 is 15.4 Å². The first-order valence-electron chi connectivity index (χ1n) is 5.64. The molecule has 0 radical (unpaired) electrons. The molecule has 122 valence electrons. The molecule has 0 spiro atoms. The number of ether oxygens (including phenoxy) is 1. The number of alkyl halides is 3. The van der Waals surface area contributed by atoms with Gasteiger partial charge in [0.2, 0.25) is 0 Å². The summed E-state index contributed by atoms with van der Waals surface area (Å²) in [6, 6.07) is 3.14. The Bertz CT molecular complexity index is 673. The van der Waals surface area contributed by atoms with Gasteiger partial charge in [0, 0.05) is 7.05 Å². The minimum Gasteiger partial charge on any atom is -0.482 e. The van der Waals surface area contributed by atoms with E-state index in [0.717, 1.165) is 12.1 Å². The number of sulfone groups is 1. The Hall–Kier alpha value is -2.30. The number of urea groups is 1. The van der Waals surface area contributed by atoms with E-state index in [4.69, 9.17) is 4.74 Å². The Kier molecular flexibility index (Phi) is 5.36. The number of benzene rings is 1. The average Bonchev–Trinajstić information content (AvgIpc) is 2.44. The van der Waals surface area contributed by atoms with E-state index in [1.54, 1.807) is 5.32 Å². The lowest BCUT2D eigenvalue weighted by atomic mass is 10.3. The van der Waals surface area contributed by atoms with Crippen molar-refractivity contribution in [1.29, 1.82) is 0 Å². The van der Waals surface area contributed by atoms with Crippen molar-refractivity contribution in [2.24, 2.45) is 0 Å². The summed E-state index contributed by atoms with van der Waals surface area (Å²) >= 11 is 0. The summed E-state index contributed by atoms with van der Waals surface area (Å²) in [4.78, 5) is 21.0. The molecule has 2 N–H and O–H groups in total. The number of carbonyl (C=O) groups excluding carboxylic acids is 2. The fourth-order valence-electron chi connectivity index (χ4n) is 1.28. The van der Waals surface area contributed by atoms with Gasteiger partial charge in [0.1, 0.15) is 10.6 Å². The standard InChI is InChI=1S/C11H11F3N2O5S/c1-15-10(18)16-9(17)6-21-7-4-2-3-5-8(7)22(19,20)11(12,13)14/h2-5H,6H2,1H3,(H2,15,16,17,18). The molecule has 1 aromatic carbocycles. The largest absolute Gasteiger partial charge is 0.502 e. The van der Waals surface area contributed by atoms with E-state index in [1.165, 1.54) is 13.1 Å². The zero-order valence-electron chi connectivity index (χ0n) is 11.1. The highest BCUT2D eigenvalue weighted by atomic mass is 32.2. The van der Waals surface area contributed by atoms with Crippen LogP contribution in [0.1, 0.15) is 0 Å². The summed E-state index contributed by atoms with van der Waals surface area (Å²) in [5, 5.41) is 3.88. The second kappa shape index (κ2) is 6.64. The lowest BCUT2D eigenvalue weighted by Crippen LogP contribution is -2.40. The fraction of sp³-hybridized carbons (Fsp3) is 0.273. The minimum atomic E-state index is -5.62. The number of hydrogen-bond acceptors (Lipinski definition) is 5. The molecule has 7 nitrogen and oxygen atoms in total. The summed E-state index contributed by atoms with van der Waals surface area (Å²) in [5.74, 6) is -1.61. The van der Waals surface area contributed by atoms with Gasteiger partial charge in [-0.3, -0.25) is 10.1 Å². The molecule has 0 unspecified atom stereocenters. The third-order valence-electron chi connectivity index (χ3n) is 2.28. The van der Waals surface area contributed by atoms with Crippen LogP contribution in [-0.2, 0) is 14.6 Å². The highest BCUT2D eigenvalue weighted by Gasteiger charge is 2.48. The van der Waals surface area contributed by atoms with Crippen LogP contribution in [0.25, 0.3) is 0 Å². The van der Waals surface area contributed by atoms with Gasteiger partial charge in [-0.25, -0.2) is 13.2 Å². The number of hydrogen-bond donors (Lipinski definition) is 2. The van der Waals surface area contributed by atoms with Gasteiger partial charge >= 0.3 is 11.5 Å². The maximum Gasteiger partial charge on any atom is 0.502 e. The fourth-order valence-corrected chi connectivity index (χ4v) is 2.18. The molecule has 0 heterocycles. The van der Waals surface area contributed by atoms with Crippen LogP contribution in [0.15, 0.2) is 29.2 Å². The number of rotatable bonds is 4. The minimum absolute atomic E-state index is 0.646. The molecule has 0 atom stereocenters. The molecule has 0 fully saturated rings. The third-order valence-corrected chi connectivity index (χ3v) is 3.81. The van der Waals surface area contributed by atoms with Gasteiger partial charge in [-0.1, -0.05) is 12.1 Å². The number of carbonyl (C=O) groups is 2. The van der Waals surface area contributed by atoms with Gasteiger partial charge < -0.3 is 10.1 Å². The Labute approximate surface area is 123 Å². The smallest absolute Gasteiger partial charge is 0.482 e. The molecule has 0 bridgehead atoms. The lowest BCUT2D eigenvalue weighted by Gasteiger charge is -2.13. The molecule has 0 saturated carbocycles. The Balaban J connectivity index is 2.95. The molecule has 0 saturated heterocycles. The van der Waals surface area contributed by atoms with Gasteiger partial charge in [0.15, 0.2) is 6.61 Å². The Morgan fingerprint density at radius 1 is 1.23 bits per heavy atom.